The Balaban J connectivity index is 2.05. The monoisotopic (exact) mass is 285 g/mol. The number of aliphatic hydroxyl groups is 1. The highest BCUT2D eigenvalue weighted by atomic mass is 35.5. The van der Waals surface area contributed by atoms with E-state index in [1.165, 1.54) is 0 Å². The maximum Gasteiger partial charge on any atom is 0.0897 e. The van der Waals surface area contributed by atoms with Gasteiger partial charge in [-0.1, -0.05) is 11.6 Å². The third-order valence-electron chi connectivity index (χ3n) is 2.80. The summed E-state index contributed by atoms with van der Waals surface area (Å²) in [4.78, 5) is 4.35. The van der Waals surface area contributed by atoms with Gasteiger partial charge in [-0.05, 0) is 13.8 Å². The van der Waals surface area contributed by atoms with E-state index in [1.54, 1.807) is 16.0 Å². The predicted molar refractivity (Wildman–Crippen MR) is 73.2 cm³/mol. The Morgan fingerprint density at radius 1 is 1.44 bits per heavy atom. The topological polar surface area (TPSA) is 50.9 Å². The molecule has 18 heavy (non-hydrogen) atoms. The van der Waals surface area contributed by atoms with Crippen molar-refractivity contribution in [2.45, 2.75) is 32.8 Å². The van der Waals surface area contributed by atoms with Gasteiger partial charge in [-0.15, -0.1) is 11.3 Å². The molecular weight excluding hydrogens is 270 g/mol. The van der Waals surface area contributed by atoms with Crippen LogP contribution in [0.4, 0.5) is 0 Å². The van der Waals surface area contributed by atoms with E-state index in [-0.39, 0.29) is 0 Å². The van der Waals surface area contributed by atoms with Crippen LogP contribution in [0.5, 0.6) is 0 Å². The zero-order chi connectivity index (χ0) is 13.3. The van der Waals surface area contributed by atoms with E-state index < -0.39 is 6.10 Å². The minimum absolute atomic E-state index is 0.487. The van der Waals surface area contributed by atoms with Crippen LogP contribution >= 0.6 is 22.9 Å². The average molecular weight is 286 g/mol. The number of nitrogens with zero attached hydrogens (tertiary/aromatic N) is 3. The Kier molecular flexibility index (Phi) is 4.04. The molecule has 0 aromatic carbocycles. The van der Waals surface area contributed by atoms with E-state index in [1.807, 2.05) is 26.3 Å². The molecule has 2 heterocycles. The van der Waals surface area contributed by atoms with Crippen LogP contribution < -0.4 is 0 Å². The van der Waals surface area contributed by atoms with Gasteiger partial charge in [-0.3, -0.25) is 4.68 Å². The zero-order valence-electron chi connectivity index (χ0n) is 10.6. The molecule has 0 amide bonds. The molecule has 0 spiro atoms. The SMILES string of the molecule is Cc1nc(CC(O)Cc2c(Cl)c(C)nn2C)cs1. The lowest BCUT2D eigenvalue weighted by molar-refractivity contribution is 0.172. The third kappa shape index (κ3) is 2.91. The Labute approximate surface area is 115 Å². The largest absolute Gasteiger partial charge is 0.392 e. The summed E-state index contributed by atoms with van der Waals surface area (Å²) < 4.78 is 1.73. The van der Waals surface area contributed by atoms with Gasteiger partial charge in [0.25, 0.3) is 0 Å². The van der Waals surface area contributed by atoms with Gasteiger partial charge in [-0.2, -0.15) is 5.10 Å². The van der Waals surface area contributed by atoms with Crippen molar-refractivity contribution >= 4 is 22.9 Å². The van der Waals surface area contributed by atoms with Crippen molar-refractivity contribution in [2.24, 2.45) is 7.05 Å². The molecule has 0 aliphatic carbocycles. The van der Waals surface area contributed by atoms with Crippen LogP contribution in [0, 0.1) is 13.8 Å². The third-order valence-corrected chi connectivity index (χ3v) is 4.12. The van der Waals surface area contributed by atoms with Crippen LogP contribution in [-0.2, 0) is 19.9 Å². The molecule has 6 heteroatoms. The van der Waals surface area contributed by atoms with E-state index in [9.17, 15) is 5.11 Å². The molecule has 98 valence electrons. The number of aryl methyl sites for hydroxylation is 3. The molecule has 0 aliphatic heterocycles. The maximum absolute atomic E-state index is 10.1. The molecule has 1 N–H and O–H groups in total. The van der Waals surface area contributed by atoms with Crippen molar-refractivity contribution < 1.29 is 5.11 Å². The fraction of sp³-hybridized carbons (Fsp3) is 0.500. The molecule has 0 saturated heterocycles. The van der Waals surface area contributed by atoms with E-state index in [0.717, 1.165) is 22.1 Å². The number of hydrogen-bond donors (Lipinski definition) is 1. The Bertz CT molecular complexity index is 550. The summed E-state index contributed by atoms with van der Waals surface area (Å²) in [5.74, 6) is 0. The molecule has 0 radical (unpaired) electrons. The number of hydrogen-bond acceptors (Lipinski definition) is 4. The molecule has 1 unspecified atom stereocenters. The first kappa shape index (κ1) is 13.5. The van der Waals surface area contributed by atoms with Crippen molar-refractivity contribution in [2.75, 3.05) is 0 Å². The smallest absolute Gasteiger partial charge is 0.0897 e. The fourth-order valence-corrected chi connectivity index (χ4v) is 2.80. The molecule has 2 aromatic heterocycles. The quantitative estimate of drug-likeness (QED) is 0.938. The summed E-state index contributed by atoms with van der Waals surface area (Å²) in [5, 5.41) is 18.0. The van der Waals surface area contributed by atoms with Crippen LogP contribution in [0.15, 0.2) is 5.38 Å². The summed E-state index contributed by atoms with van der Waals surface area (Å²) in [6, 6.07) is 0. The molecule has 0 saturated carbocycles. The first-order valence-electron chi connectivity index (χ1n) is 5.74. The maximum atomic E-state index is 10.1. The number of rotatable bonds is 4. The van der Waals surface area contributed by atoms with Gasteiger partial charge >= 0.3 is 0 Å². The zero-order valence-corrected chi connectivity index (χ0v) is 12.2. The van der Waals surface area contributed by atoms with Crippen LogP contribution in [-0.4, -0.2) is 26.0 Å². The Hall–Kier alpha value is -0.910. The molecule has 0 fully saturated rings. The number of halogens is 1. The minimum Gasteiger partial charge on any atom is -0.392 e. The lowest BCUT2D eigenvalue weighted by Crippen LogP contribution is -2.16. The highest BCUT2D eigenvalue weighted by Gasteiger charge is 2.16. The predicted octanol–water partition coefficient (Wildman–Crippen LogP) is 2.29. The summed E-state index contributed by atoms with van der Waals surface area (Å²) in [6.07, 6.45) is 0.552. The van der Waals surface area contributed by atoms with Crippen LogP contribution in [0.2, 0.25) is 5.02 Å². The van der Waals surface area contributed by atoms with Crippen LogP contribution in [0.1, 0.15) is 22.1 Å². The minimum atomic E-state index is -0.487. The lowest BCUT2D eigenvalue weighted by atomic mass is 10.1. The highest BCUT2D eigenvalue weighted by Crippen LogP contribution is 2.21. The van der Waals surface area contributed by atoms with Crippen molar-refractivity contribution in [3.05, 3.63) is 32.5 Å². The van der Waals surface area contributed by atoms with Gasteiger partial charge in [0.1, 0.15) is 0 Å². The fourth-order valence-electron chi connectivity index (χ4n) is 1.94. The van der Waals surface area contributed by atoms with Gasteiger partial charge in [0.2, 0.25) is 0 Å². The summed E-state index contributed by atoms with van der Waals surface area (Å²) in [7, 11) is 1.84. The highest BCUT2D eigenvalue weighted by molar-refractivity contribution is 7.09. The summed E-state index contributed by atoms with van der Waals surface area (Å²) in [6.45, 7) is 3.82. The first-order chi connectivity index (χ1) is 8.47. The van der Waals surface area contributed by atoms with Gasteiger partial charge in [0.15, 0.2) is 0 Å². The van der Waals surface area contributed by atoms with E-state index in [0.29, 0.717) is 17.9 Å². The standard InChI is InChI=1S/C12H16ClN3OS/c1-7-12(13)11(16(3)15-7)5-10(17)4-9-6-18-8(2)14-9/h6,10,17H,4-5H2,1-3H3. The molecule has 0 bridgehead atoms. The second-order valence-corrected chi connectivity index (χ2v) is 5.83. The van der Waals surface area contributed by atoms with E-state index in [2.05, 4.69) is 10.1 Å². The number of aromatic nitrogens is 3. The van der Waals surface area contributed by atoms with Crippen molar-refractivity contribution in [1.29, 1.82) is 0 Å². The molecular formula is C12H16ClN3OS. The molecule has 0 aliphatic rings. The van der Waals surface area contributed by atoms with Crippen LogP contribution in [0.3, 0.4) is 0 Å². The number of aliphatic hydroxyl groups excluding tert-OH is 1. The van der Waals surface area contributed by atoms with Crippen molar-refractivity contribution in [1.82, 2.24) is 14.8 Å². The average Bonchev–Trinajstić information content (AvgIpc) is 2.78. The normalized spacial score (nSPS) is 12.9. The van der Waals surface area contributed by atoms with Gasteiger partial charge < -0.3 is 5.11 Å². The second kappa shape index (κ2) is 5.38. The molecule has 1 atom stereocenters. The summed E-state index contributed by atoms with van der Waals surface area (Å²) in [5.41, 5.74) is 2.60. The van der Waals surface area contributed by atoms with Crippen molar-refractivity contribution in [3.63, 3.8) is 0 Å². The van der Waals surface area contributed by atoms with Gasteiger partial charge in [0, 0.05) is 25.3 Å². The van der Waals surface area contributed by atoms with Gasteiger partial charge in [-0.25, -0.2) is 4.98 Å². The lowest BCUT2D eigenvalue weighted by Gasteiger charge is -2.09. The van der Waals surface area contributed by atoms with E-state index >= 15 is 0 Å². The molecule has 4 nitrogen and oxygen atoms in total. The summed E-state index contributed by atoms with van der Waals surface area (Å²) >= 11 is 7.75. The number of thiazole rings is 1. The molecule has 2 aromatic rings. The first-order valence-corrected chi connectivity index (χ1v) is 7.00. The second-order valence-electron chi connectivity index (χ2n) is 4.39. The molecule has 2 rings (SSSR count). The Morgan fingerprint density at radius 2 is 2.17 bits per heavy atom. The van der Waals surface area contributed by atoms with E-state index in [4.69, 9.17) is 11.6 Å². The Morgan fingerprint density at radius 3 is 2.67 bits per heavy atom. The van der Waals surface area contributed by atoms with Crippen LogP contribution in [0.25, 0.3) is 0 Å². The van der Waals surface area contributed by atoms with Crippen molar-refractivity contribution in [3.8, 4) is 0 Å². The van der Waals surface area contributed by atoms with Gasteiger partial charge in [0.05, 0.1) is 33.2 Å².